The normalized spacial score (nSPS) is 10.9. The average molecular weight is 316 g/mol. The monoisotopic (exact) mass is 316 g/mol. The minimum absolute atomic E-state index is 0.936. The van der Waals surface area contributed by atoms with Gasteiger partial charge in [0.05, 0.1) is 0 Å². The number of thioether (sulfide) groups is 1. The number of thiophene rings is 1. The molecule has 0 aliphatic heterocycles. The second-order valence-corrected chi connectivity index (χ2v) is 6.68. The molecule has 0 aliphatic rings. The molecule has 0 spiro atoms. The van der Waals surface area contributed by atoms with E-state index < -0.39 is 0 Å². The largest absolute Gasteiger partial charge is 0.308 e. The van der Waals surface area contributed by atoms with Gasteiger partial charge in [-0.2, -0.15) is 0 Å². The topological polar surface area (TPSA) is 43.6 Å². The Bertz CT molecular complexity index is 649. The molecule has 6 heteroatoms. The van der Waals surface area contributed by atoms with Crippen LogP contribution in [0.2, 0.25) is 0 Å². The summed E-state index contributed by atoms with van der Waals surface area (Å²) in [6, 6.07) is 8.38. The zero-order valence-electron chi connectivity index (χ0n) is 11.6. The predicted molar refractivity (Wildman–Crippen MR) is 86.7 cm³/mol. The Morgan fingerprint density at radius 3 is 2.86 bits per heavy atom. The summed E-state index contributed by atoms with van der Waals surface area (Å²) in [5, 5.41) is 11.4. The highest BCUT2D eigenvalue weighted by atomic mass is 32.2. The zero-order valence-corrected chi connectivity index (χ0v) is 13.2. The van der Waals surface area contributed by atoms with Crippen LogP contribution in [0, 0.1) is 0 Å². The first-order valence-corrected chi connectivity index (χ1v) is 8.70. The van der Waals surface area contributed by atoms with Crippen LogP contribution in [0.3, 0.4) is 0 Å². The number of hydrogen-bond donors (Lipinski definition) is 0. The molecule has 3 aromatic rings. The van der Waals surface area contributed by atoms with Crippen LogP contribution in [0.15, 0.2) is 53.5 Å². The van der Waals surface area contributed by atoms with E-state index in [2.05, 4.69) is 49.4 Å². The maximum absolute atomic E-state index is 4.21. The van der Waals surface area contributed by atoms with Crippen molar-refractivity contribution in [3.63, 3.8) is 0 Å². The van der Waals surface area contributed by atoms with Gasteiger partial charge in [-0.05, 0) is 42.0 Å². The zero-order chi connectivity index (χ0) is 14.3. The molecular formula is C15H16N4S2. The van der Waals surface area contributed by atoms with Gasteiger partial charge in [-0.15, -0.1) is 21.5 Å². The Morgan fingerprint density at radius 2 is 2.05 bits per heavy atom. The highest BCUT2D eigenvalue weighted by Gasteiger charge is 2.05. The van der Waals surface area contributed by atoms with Crippen molar-refractivity contribution in [3.05, 3.63) is 58.8 Å². The van der Waals surface area contributed by atoms with E-state index in [1.54, 1.807) is 23.1 Å². The third-order valence-electron chi connectivity index (χ3n) is 3.13. The van der Waals surface area contributed by atoms with E-state index in [0.29, 0.717) is 0 Å². The van der Waals surface area contributed by atoms with Crippen molar-refractivity contribution < 1.29 is 0 Å². The first-order chi connectivity index (χ1) is 10.4. The van der Waals surface area contributed by atoms with Crippen molar-refractivity contribution >= 4 is 23.1 Å². The molecule has 3 rings (SSSR count). The lowest BCUT2D eigenvalue weighted by atomic mass is 10.2. The summed E-state index contributed by atoms with van der Waals surface area (Å²) in [5.74, 6) is 1.00. The van der Waals surface area contributed by atoms with Crippen LogP contribution in [0.25, 0.3) is 0 Å². The Hall–Kier alpha value is -1.66. The molecule has 0 fully saturated rings. The number of hydrogen-bond acceptors (Lipinski definition) is 5. The molecule has 4 nitrogen and oxygen atoms in total. The highest BCUT2D eigenvalue weighted by Crippen LogP contribution is 2.18. The van der Waals surface area contributed by atoms with Gasteiger partial charge in [0.15, 0.2) is 5.16 Å². The quantitative estimate of drug-likeness (QED) is 0.627. The summed E-state index contributed by atoms with van der Waals surface area (Å²) < 4.78 is 2.14. The van der Waals surface area contributed by atoms with Gasteiger partial charge in [0.1, 0.15) is 6.33 Å². The van der Waals surface area contributed by atoms with Gasteiger partial charge in [0, 0.05) is 29.6 Å². The molecule has 0 amide bonds. The van der Waals surface area contributed by atoms with Crippen LogP contribution in [-0.2, 0) is 19.4 Å². The summed E-state index contributed by atoms with van der Waals surface area (Å²) in [7, 11) is 0. The third-order valence-corrected chi connectivity index (χ3v) is 5.05. The molecule has 0 atom stereocenters. The van der Waals surface area contributed by atoms with E-state index in [4.69, 9.17) is 0 Å². The molecule has 0 bridgehead atoms. The molecule has 0 aliphatic carbocycles. The van der Waals surface area contributed by atoms with Crippen molar-refractivity contribution in [2.24, 2.45) is 0 Å². The molecule has 21 heavy (non-hydrogen) atoms. The van der Waals surface area contributed by atoms with Gasteiger partial charge < -0.3 is 4.57 Å². The van der Waals surface area contributed by atoms with Crippen molar-refractivity contribution in [1.82, 2.24) is 19.7 Å². The van der Waals surface area contributed by atoms with Crippen molar-refractivity contribution in [3.8, 4) is 0 Å². The fourth-order valence-electron chi connectivity index (χ4n) is 2.00. The molecule has 108 valence electrons. The van der Waals surface area contributed by atoms with E-state index in [-0.39, 0.29) is 0 Å². The van der Waals surface area contributed by atoms with Crippen LogP contribution in [0.5, 0.6) is 0 Å². The summed E-state index contributed by atoms with van der Waals surface area (Å²) >= 11 is 3.56. The smallest absolute Gasteiger partial charge is 0.191 e. The predicted octanol–water partition coefficient (Wildman–Crippen LogP) is 3.31. The Labute approximate surface area is 132 Å². The van der Waals surface area contributed by atoms with E-state index in [1.165, 1.54) is 10.4 Å². The SMILES string of the molecule is c1csc(CCn2cnnc2SCCc2ccncc2)c1. The average Bonchev–Trinajstić information content (AvgIpc) is 3.17. The minimum Gasteiger partial charge on any atom is -0.308 e. The van der Waals surface area contributed by atoms with Crippen LogP contribution in [-0.4, -0.2) is 25.5 Å². The van der Waals surface area contributed by atoms with Gasteiger partial charge in [0.25, 0.3) is 0 Å². The van der Waals surface area contributed by atoms with Crippen LogP contribution in [0.1, 0.15) is 10.4 Å². The van der Waals surface area contributed by atoms with Gasteiger partial charge >= 0.3 is 0 Å². The molecule has 0 unspecified atom stereocenters. The standard InChI is InChI=1S/C15H16N4S2/c1-2-14(20-10-1)5-9-19-12-17-18-15(19)21-11-6-13-3-7-16-8-4-13/h1-4,7-8,10,12H,5-6,9,11H2. The Morgan fingerprint density at radius 1 is 1.14 bits per heavy atom. The lowest BCUT2D eigenvalue weighted by molar-refractivity contribution is 0.637. The lowest BCUT2D eigenvalue weighted by Crippen LogP contribution is -2.01. The fraction of sp³-hybridized carbons (Fsp3) is 0.267. The maximum atomic E-state index is 4.21. The van der Waals surface area contributed by atoms with Gasteiger partial charge in [0.2, 0.25) is 0 Å². The number of pyridine rings is 1. The number of aryl methyl sites for hydroxylation is 3. The summed E-state index contributed by atoms with van der Waals surface area (Å²) in [4.78, 5) is 5.43. The Balaban J connectivity index is 1.51. The van der Waals surface area contributed by atoms with Crippen molar-refractivity contribution in [2.45, 2.75) is 24.5 Å². The van der Waals surface area contributed by atoms with Crippen molar-refractivity contribution in [2.75, 3.05) is 5.75 Å². The number of aromatic nitrogens is 4. The molecule has 0 saturated carbocycles. The van der Waals surface area contributed by atoms with E-state index in [0.717, 1.165) is 30.3 Å². The van der Waals surface area contributed by atoms with Gasteiger partial charge in [-0.25, -0.2) is 0 Å². The summed E-state index contributed by atoms with van der Waals surface area (Å²) in [6.45, 7) is 0.936. The molecule has 3 aromatic heterocycles. The molecule has 3 heterocycles. The second kappa shape index (κ2) is 7.38. The third kappa shape index (κ3) is 4.15. The first kappa shape index (κ1) is 14.3. The Kier molecular flexibility index (Phi) is 5.02. The van der Waals surface area contributed by atoms with Crippen LogP contribution >= 0.6 is 23.1 Å². The van der Waals surface area contributed by atoms with Gasteiger partial charge in [-0.3, -0.25) is 4.98 Å². The molecule has 0 radical (unpaired) electrons. The maximum Gasteiger partial charge on any atom is 0.191 e. The molecule has 0 aromatic carbocycles. The highest BCUT2D eigenvalue weighted by molar-refractivity contribution is 7.99. The summed E-state index contributed by atoms with van der Waals surface area (Å²) in [5.41, 5.74) is 1.31. The molecule has 0 N–H and O–H groups in total. The minimum atomic E-state index is 0.936. The van der Waals surface area contributed by atoms with Crippen molar-refractivity contribution in [1.29, 1.82) is 0 Å². The summed E-state index contributed by atoms with van der Waals surface area (Å²) in [6.07, 6.45) is 7.55. The lowest BCUT2D eigenvalue weighted by Gasteiger charge is -2.05. The molecular weight excluding hydrogens is 300 g/mol. The van der Waals surface area contributed by atoms with E-state index in [1.807, 2.05) is 18.7 Å². The van der Waals surface area contributed by atoms with E-state index in [9.17, 15) is 0 Å². The van der Waals surface area contributed by atoms with Crippen LogP contribution < -0.4 is 0 Å². The van der Waals surface area contributed by atoms with Crippen LogP contribution in [0.4, 0.5) is 0 Å². The fourth-order valence-corrected chi connectivity index (χ4v) is 3.63. The molecule has 0 saturated heterocycles. The second-order valence-electron chi connectivity index (χ2n) is 4.59. The van der Waals surface area contributed by atoms with E-state index >= 15 is 0 Å². The first-order valence-electron chi connectivity index (χ1n) is 6.84. The number of nitrogens with zero attached hydrogens (tertiary/aromatic N) is 4. The van der Waals surface area contributed by atoms with Gasteiger partial charge in [-0.1, -0.05) is 17.8 Å². The number of rotatable bonds is 7.